The van der Waals surface area contributed by atoms with Gasteiger partial charge in [0.15, 0.2) is 0 Å². The van der Waals surface area contributed by atoms with E-state index < -0.39 is 35.3 Å². The van der Waals surface area contributed by atoms with Gasteiger partial charge in [0, 0.05) is 11.8 Å². The van der Waals surface area contributed by atoms with Crippen molar-refractivity contribution in [2.24, 2.45) is 0 Å². The molecule has 0 atom stereocenters. The maximum Gasteiger partial charge on any atom is 0.416 e. The molecule has 0 unspecified atom stereocenters. The maximum atomic E-state index is 12.7. The fourth-order valence-corrected chi connectivity index (χ4v) is 3.23. The Balaban J connectivity index is 1.68. The number of amides is 3. The first-order valence-electron chi connectivity index (χ1n) is 7.92. The number of hydrogen-bond acceptors (Lipinski definition) is 5. The third-order valence-electron chi connectivity index (χ3n) is 3.68. The molecule has 1 aromatic carbocycles. The predicted octanol–water partition coefficient (Wildman–Crippen LogP) is 4.28. The number of thioether (sulfide) groups is 1. The topological polar surface area (TPSA) is 79.6 Å². The van der Waals surface area contributed by atoms with Gasteiger partial charge < -0.3 is 9.73 Å². The molecule has 2 aromatic rings. The molecular weight excluding hydrogens is 397 g/mol. The molecule has 0 radical (unpaired) electrons. The molecule has 146 valence electrons. The number of aryl methyl sites for hydroxylation is 1. The van der Waals surface area contributed by atoms with Crippen molar-refractivity contribution in [3.63, 3.8) is 0 Å². The molecule has 6 nitrogen and oxygen atoms in total. The lowest BCUT2D eigenvalue weighted by Crippen LogP contribution is -2.36. The fraction of sp³-hybridized carbons (Fsp3) is 0.167. The van der Waals surface area contributed by atoms with Crippen LogP contribution in [0.25, 0.3) is 6.08 Å². The summed E-state index contributed by atoms with van der Waals surface area (Å²) in [6.45, 7) is 1.11. The van der Waals surface area contributed by atoms with Crippen molar-refractivity contribution in [2.75, 3.05) is 11.9 Å². The molecule has 1 saturated heterocycles. The lowest BCUT2D eigenvalue weighted by atomic mass is 10.2. The van der Waals surface area contributed by atoms with E-state index >= 15 is 0 Å². The first-order valence-corrected chi connectivity index (χ1v) is 8.74. The highest BCUT2D eigenvalue weighted by Crippen LogP contribution is 2.33. The smallest absolute Gasteiger partial charge is 0.416 e. The average molecular weight is 410 g/mol. The number of alkyl halides is 3. The van der Waals surface area contributed by atoms with Crippen molar-refractivity contribution in [3.8, 4) is 0 Å². The highest BCUT2D eigenvalue weighted by molar-refractivity contribution is 8.18. The van der Waals surface area contributed by atoms with Gasteiger partial charge in [-0.05, 0) is 49.0 Å². The van der Waals surface area contributed by atoms with Gasteiger partial charge in [-0.25, -0.2) is 0 Å². The summed E-state index contributed by atoms with van der Waals surface area (Å²) >= 11 is 0.650. The SMILES string of the molecule is Cc1ccc(/C=C2\SC(=O)N(CC(=O)Nc3cccc(C(F)(F)F)c3)C2=O)o1. The second-order valence-electron chi connectivity index (χ2n) is 5.84. The number of nitrogens with zero attached hydrogens (tertiary/aromatic N) is 1. The summed E-state index contributed by atoms with van der Waals surface area (Å²) in [5, 5.41) is 1.60. The first-order chi connectivity index (χ1) is 13.1. The van der Waals surface area contributed by atoms with Gasteiger partial charge in [-0.2, -0.15) is 13.2 Å². The Kier molecular flexibility index (Phi) is 5.32. The molecule has 0 aliphatic carbocycles. The van der Waals surface area contributed by atoms with E-state index in [0.29, 0.717) is 23.3 Å². The van der Waals surface area contributed by atoms with E-state index in [1.165, 1.54) is 12.1 Å². The number of anilines is 1. The molecule has 3 rings (SSSR count). The molecule has 3 amide bonds. The minimum Gasteiger partial charge on any atom is -0.462 e. The van der Waals surface area contributed by atoms with Crippen LogP contribution in [-0.2, 0) is 15.8 Å². The molecule has 1 aliphatic heterocycles. The molecule has 1 aromatic heterocycles. The quantitative estimate of drug-likeness (QED) is 0.761. The molecule has 10 heteroatoms. The zero-order valence-electron chi connectivity index (χ0n) is 14.4. The number of furan rings is 1. The van der Waals surface area contributed by atoms with Crippen LogP contribution in [0.5, 0.6) is 0 Å². The van der Waals surface area contributed by atoms with Gasteiger partial charge in [-0.1, -0.05) is 6.07 Å². The molecule has 28 heavy (non-hydrogen) atoms. The van der Waals surface area contributed by atoms with Crippen LogP contribution in [0.4, 0.5) is 23.7 Å². The normalized spacial score (nSPS) is 16.1. The Labute approximate surface area is 161 Å². The van der Waals surface area contributed by atoms with Crippen molar-refractivity contribution in [2.45, 2.75) is 13.1 Å². The highest BCUT2D eigenvalue weighted by Gasteiger charge is 2.36. The summed E-state index contributed by atoms with van der Waals surface area (Å²) in [6.07, 6.45) is -3.16. The van der Waals surface area contributed by atoms with Gasteiger partial charge in [-0.3, -0.25) is 19.3 Å². The predicted molar refractivity (Wildman–Crippen MR) is 96.2 cm³/mol. The summed E-state index contributed by atoms with van der Waals surface area (Å²) in [4.78, 5) is 37.3. The maximum absolute atomic E-state index is 12.7. The zero-order valence-corrected chi connectivity index (χ0v) is 15.2. The Hall–Kier alpha value is -3.01. The van der Waals surface area contributed by atoms with Crippen LogP contribution in [0.1, 0.15) is 17.1 Å². The van der Waals surface area contributed by atoms with Gasteiger partial charge in [0.25, 0.3) is 11.1 Å². The number of nitrogens with one attached hydrogen (secondary N) is 1. The van der Waals surface area contributed by atoms with E-state index in [4.69, 9.17) is 4.42 Å². The molecule has 0 bridgehead atoms. The van der Waals surface area contributed by atoms with Crippen molar-refractivity contribution < 1.29 is 32.0 Å². The third kappa shape index (κ3) is 4.45. The summed E-state index contributed by atoms with van der Waals surface area (Å²) < 4.78 is 43.5. The van der Waals surface area contributed by atoms with E-state index in [9.17, 15) is 27.6 Å². The summed E-state index contributed by atoms with van der Waals surface area (Å²) in [7, 11) is 0. The van der Waals surface area contributed by atoms with Crippen molar-refractivity contribution in [1.82, 2.24) is 4.90 Å². The highest BCUT2D eigenvalue weighted by atomic mass is 32.2. The van der Waals surface area contributed by atoms with Crippen LogP contribution < -0.4 is 5.32 Å². The van der Waals surface area contributed by atoms with Crippen molar-refractivity contribution >= 4 is 40.6 Å². The van der Waals surface area contributed by atoms with E-state index in [1.807, 2.05) is 0 Å². The summed E-state index contributed by atoms with van der Waals surface area (Å²) in [5.74, 6) is -0.456. The largest absolute Gasteiger partial charge is 0.462 e. The Morgan fingerprint density at radius 3 is 2.64 bits per heavy atom. The zero-order chi connectivity index (χ0) is 20.5. The van der Waals surface area contributed by atoms with E-state index in [-0.39, 0.29) is 10.6 Å². The minimum absolute atomic E-state index is 0.0891. The Morgan fingerprint density at radius 2 is 2.00 bits per heavy atom. The third-order valence-corrected chi connectivity index (χ3v) is 4.59. The van der Waals surface area contributed by atoms with Gasteiger partial charge >= 0.3 is 6.18 Å². The fourth-order valence-electron chi connectivity index (χ4n) is 2.41. The van der Waals surface area contributed by atoms with Gasteiger partial charge in [-0.15, -0.1) is 0 Å². The lowest BCUT2D eigenvalue weighted by Gasteiger charge is -2.13. The van der Waals surface area contributed by atoms with E-state index in [2.05, 4.69) is 5.32 Å². The lowest BCUT2D eigenvalue weighted by molar-refractivity contribution is -0.137. The molecule has 0 spiro atoms. The number of carbonyl (C=O) groups excluding carboxylic acids is 3. The Bertz CT molecular complexity index is 981. The van der Waals surface area contributed by atoms with Crippen LogP contribution in [0.15, 0.2) is 45.7 Å². The van der Waals surface area contributed by atoms with Crippen LogP contribution in [0, 0.1) is 6.92 Å². The van der Waals surface area contributed by atoms with Crippen LogP contribution in [0.2, 0.25) is 0 Å². The monoisotopic (exact) mass is 410 g/mol. The average Bonchev–Trinajstić information content (AvgIpc) is 3.13. The first kappa shape index (κ1) is 19.7. The second kappa shape index (κ2) is 7.55. The number of benzene rings is 1. The summed E-state index contributed by atoms with van der Waals surface area (Å²) in [5.41, 5.74) is -1.01. The van der Waals surface area contributed by atoms with Gasteiger partial charge in [0.1, 0.15) is 18.1 Å². The van der Waals surface area contributed by atoms with Crippen molar-refractivity contribution in [1.29, 1.82) is 0 Å². The molecule has 2 heterocycles. The number of halogens is 3. The molecule has 0 saturated carbocycles. The van der Waals surface area contributed by atoms with E-state index in [0.717, 1.165) is 23.1 Å². The number of carbonyl (C=O) groups is 3. The molecule has 1 fully saturated rings. The van der Waals surface area contributed by atoms with Gasteiger partial charge in [0.2, 0.25) is 5.91 Å². The molecule has 1 aliphatic rings. The Morgan fingerprint density at radius 1 is 1.25 bits per heavy atom. The number of imide groups is 1. The molecule has 1 N–H and O–H groups in total. The number of rotatable bonds is 4. The van der Waals surface area contributed by atoms with Crippen molar-refractivity contribution in [3.05, 3.63) is 58.4 Å². The van der Waals surface area contributed by atoms with Crippen LogP contribution in [0.3, 0.4) is 0 Å². The second-order valence-corrected chi connectivity index (χ2v) is 6.84. The molecular formula is C18H13F3N2O4S. The van der Waals surface area contributed by atoms with Crippen LogP contribution in [-0.4, -0.2) is 28.5 Å². The number of hydrogen-bond donors (Lipinski definition) is 1. The van der Waals surface area contributed by atoms with Crippen LogP contribution >= 0.6 is 11.8 Å². The standard InChI is InChI=1S/C18H13F3N2O4S/c1-10-5-6-13(27-10)8-14-16(25)23(17(26)28-14)9-15(24)22-12-4-2-3-11(7-12)18(19,20)21/h2-8H,9H2,1H3,(H,22,24)/b14-8-. The van der Waals surface area contributed by atoms with Gasteiger partial charge in [0.05, 0.1) is 10.5 Å². The summed E-state index contributed by atoms with van der Waals surface area (Å²) in [6, 6.07) is 7.38. The minimum atomic E-state index is -4.55. The van der Waals surface area contributed by atoms with E-state index in [1.54, 1.807) is 19.1 Å².